The molecule has 1 atom stereocenters. The molecule has 1 unspecified atom stereocenters. The van der Waals surface area contributed by atoms with Crippen LogP contribution < -0.4 is 4.90 Å². The number of hydrogen-bond acceptors (Lipinski definition) is 5. The molecule has 1 fully saturated rings. The molecule has 1 aliphatic heterocycles. The van der Waals surface area contributed by atoms with Crippen molar-refractivity contribution in [2.45, 2.75) is 32.7 Å². The number of likely N-dealkylation sites (tertiary alicyclic amines) is 1. The van der Waals surface area contributed by atoms with Crippen LogP contribution in [0.15, 0.2) is 22.6 Å². The van der Waals surface area contributed by atoms with Crippen LogP contribution in [0.1, 0.15) is 46.5 Å². The van der Waals surface area contributed by atoms with Gasteiger partial charge in [-0.3, -0.25) is 4.79 Å². The maximum Gasteiger partial charge on any atom is 0.290 e. The molecule has 3 heterocycles. The minimum atomic E-state index is -0.0587. The minimum Gasteiger partial charge on any atom is -0.456 e. The smallest absolute Gasteiger partial charge is 0.290 e. The van der Waals surface area contributed by atoms with Gasteiger partial charge >= 0.3 is 0 Å². The lowest BCUT2D eigenvalue weighted by molar-refractivity contribution is 0.0697. The highest BCUT2D eigenvalue weighted by atomic mass is 16.4. The predicted molar refractivity (Wildman–Crippen MR) is 87.6 cm³/mol. The van der Waals surface area contributed by atoms with Gasteiger partial charge in [0.2, 0.25) is 0 Å². The van der Waals surface area contributed by atoms with Crippen molar-refractivity contribution in [3.63, 3.8) is 0 Å². The Kier molecular flexibility index (Phi) is 4.07. The van der Waals surface area contributed by atoms with Gasteiger partial charge in [-0.1, -0.05) is 0 Å². The van der Waals surface area contributed by atoms with Crippen LogP contribution in [0, 0.1) is 13.8 Å². The van der Waals surface area contributed by atoms with Gasteiger partial charge in [-0.25, -0.2) is 0 Å². The van der Waals surface area contributed by atoms with Crippen LogP contribution in [0.4, 0.5) is 5.82 Å². The molecule has 0 N–H and O–H groups in total. The fourth-order valence-electron chi connectivity index (χ4n) is 3.05. The molecule has 1 saturated heterocycles. The summed E-state index contributed by atoms with van der Waals surface area (Å²) in [7, 11) is 3.86. The summed E-state index contributed by atoms with van der Waals surface area (Å²) in [5, 5.41) is 8.55. The second kappa shape index (κ2) is 6.02. The van der Waals surface area contributed by atoms with E-state index in [9.17, 15) is 4.79 Å². The van der Waals surface area contributed by atoms with E-state index in [1.165, 1.54) is 0 Å². The summed E-state index contributed by atoms with van der Waals surface area (Å²) in [6.07, 6.45) is 1.87. The van der Waals surface area contributed by atoms with Gasteiger partial charge in [0.25, 0.3) is 5.91 Å². The molecule has 0 radical (unpaired) electrons. The zero-order valence-corrected chi connectivity index (χ0v) is 14.0. The fraction of sp³-hybridized carbons (Fsp3) is 0.471. The summed E-state index contributed by atoms with van der Waals surface area (Å²) in [4.78, 5) is 16.6. The predicted octanol–water partition coefficient (Wildman–Crippen LogP) is 2.73. The summed E-state index contributed by atoms with van der Waals surface area (Å²) < 4.78 is 5.59. The van der Waals surface area contributed by atoms with Crippen LogP contribution >= 0.6 is 0 Å². The van der Waals surface area contributed by atoms with E-state index < -0.39 is 0 Å². The molecule has 6 heteroatoms. The summed E-state index contributed by atoms with van der Waals surface area (Å²) >= 11 is 0. The van der Waals surface area contributed by atoms with Gasteiger partial charge in [-0.2, -0.15) is 5.10 Å². The van der Waals surface area contributed by atoms with E-state index in [4.69, 9.17) is 4.42 Å². The molecule has 1 aliphatic rings. The zero-order chi connectivity index (χ0) is 16.6. The van der Waals surface area contributed by atoms with Crippen molar-refractivity contribution in [3.8, 4) is 0 Å². The Morgan fingerprint density at radius 1 is 1.30 bits per heavy atom. The van der Waals surface area contributed by atoms with E-state index in [1.54, 1.807) is 0 Å². The minimum absolute atomic E-state index is 0.0315. The van der Waals surface area contributed by atoms with Crippen molar-refractivity contribution in [1.82, 2.24) is 15.1 Å². The normalized spacial score (nSPS) is 17.6. The molecule has 122 valence electrons. The van der Waals surface area contributed by atoms with Crippen LogP contribution in [-0.2, 0) is 0 Å². The fourth-order valence-corrected chi connectivity index (χ4v) is 3.05. The van der Waals surface area contributed by atoms with E-state index in [1.807, 2.05) is 55.9 Å². The van der Waals surface area contributed by atoms with Crippen LogP contribution in [-0.4, -0.2) is 41.6 Å². The maximum atomic E-state index is 12.8. The summed E-state index contributed by atoms with van der Waals surface area (Å²) in [5.74, 6) is 1.95. The van der Waals surface area contributed by atoms with Gasteiger partial charge in [0, 0.05) is 26.2 Å². The number of anilines is 1. The highest BCUT2D eigenvalue weighted by Crippen LogP contribution is 2.33. The third kappa shape index (κ3) is 2.93. The van der Waals surface area contributed by atoms with Gasteiger partial charge in [0.05, 0.1) is 11.7 Å². The van der Waals surface area contributed by atoms with Crippen molar-refractivity contribution in [1.29, 1.82) is 0 Å². The molecular weight excluding hydrogens is 292 g/mol. The molecule has 1 amide bonds. The lowest BCUT2D eigenvalue weighted by atomic mass is 10.1. The standard InChI is InChI=1S/C17H22N4O2/c1-11-10-12(2)23-16(11)17(22)21-9-5-6-14(21)13-7-8-15(19-18-13)20(3)4/h7-8,10,14H,5-6,9H2,1-4H3. The molecule has 0 spiro atoms. The lowest BCUT2D eigenvalue weighted by Crippen LogP contribution is -2.31. The Labute approximate surface area is 136 Å². The van der Waals surface area contributed by atoms with Crippen LogP contribution in [0.2, 0.25) is 0 Å². The second-order valence-electron chi connectivity index (χ2n) is 6.24. The van der Waals surface area contributed by atoms with E-state index in [-0.39, 0.29) is 11.9 Å². The zero-order valence-electron chi connectivity index (χ0n) is 14.0. The van der Waals surface area contributed by atoms with E-state index in [0.717, 1.165) is 42.2 Å². The van der Waals surface area contributed by atoms with Crippen molar-refractivity contribution >= 4 is 11.7 Å². The molecule has 0 bridgehead atoms. The number of rotatable bonds is 3. The quantitative estimate of drug-likeness (QED) is 0.871. The lowest BCUT2D eigenvalue weighted by Gasteiger charge is -2.23. The van der Waals surface area contributed by atoms with E-state index in [2.05, 4.69) is 10.2 Å². The van der Waals surface area contributed by atoms with Crippen molar-refractivity contribution in [2.24, 2.45) is 0 Å². The first-order chi connectivity index (χ1) is 11.0. The average molecular weight is 314 g/mol. The molecule has 0 aliphatic carbocycles. The molecule has 3 rings (SSSR count). The molecule has 0 aromatic carbocycles. The number of amides is 1. The Morgan fingerprint density at radius 3 is 2.65 bits per heavy atom. The SMILES string of the molecule is Cc1cc(C)c(C(=O)N2CCCC2c2ccc(N(C)C)nn2)o1. The summed E-state index contributed by atoms with van der Waals surface area (Å²) in [5.41, 5.74) is 1.72. The molecule has 2 aromatic heterocycles. The highest BCUT2D eigenvalue weighted by Gasteiger charge is 2.34. The number of furan rings is 1. The number of hydrogen-bond donors (Lipinski definition) is 0. The van der Waals surface area contributed by atoms with Crippen molar-refractivity contribution < 1.29 is 9.21 Å². The topological polar surface area (TPSA) is 62.5 Å². The summed E-state index contributed by atoms with van der Waals surface area (Å²) in [6.45, 7) is 4.48. The largest absolute Gasteiger partial charge is 0.456 e. The molecule has 0 saturated carbocycles. The number of carbonyl (C=O) groups excluding carboxylic acids is 1. The molecule has 23 heavy (non-hydrogen) atoms. The summed E-state index contributed by atoms with van der Waals surface area (Å²) in [6, 6.07) is 5.75. The molecule has 2 aromatic rings. The van der Waals surface area contributed by atoms with Gasteiger partial charge in [-0.05, 0) is 44.9 Å². The van der Waals surface area contributed by atoms with Crippen LogP contribution in [0.3, 0.4) is 0 Å². The number of carbonyl (C=O) groups is 1. The Bertz CT molecular complexity index is 706. The van der Waals surface area contributed by atoms with Crippen molar-refractivity contribution in [2.75, 3.05) is 25.5 Å². The highest BCUT2D eigenvalue weighted by molar-refractivity contribution is 5.93. The van der Waals surface area contributed by atoms with Crippen LogP contribution in [0.5, 0.6) is 0 Å². The van der Waals surface area contributed by atoms with Crippen molar-refractivity contribution in [3.05, 3.63) is 41.0 Å². The first kappa shape index (κ1) is 15.5. The third-order valence-corrected chi connectivity index (χ3v) is 4.22. The molecular formula is C17H22N4O2. The third-order valence-electron chi connectivity index (χ3n) is 4.22. The number of aromatic nitrogens is 2. The van der Waals surface area contributed by atoms with Crippen LogP contribution in [0.25, 0.3) is 0 Å². The van der Waals surface area contributed by atoms with E-state index in [0.29, 0.717) is 5.76 Å². The first-order valence-electron chi connectivity index (χ1n) is 7.86. The Morgan fingerprint density at radius 2 is 2.09 bits per heavy atom. The first-order valence-corrected chi connectivity index (χ1v) is 7.86. The maximum absolute atomic E-state index is 12.8. The monoisotopic (exact) mass is 314 g/mol. The Hall–Kier alpha value is -2.37. The average Bonchev–Trinajstić information content (AvgIpc) is 3.13. The number of aryl methyl sites for hydroxylation is 2. The molecule has 6 nitrogen and oxygen atoms in total. The second-order valence-corrected chi connectivity index (χ2v) is 6.24. The van der Waals surface area contributed by atoms with Gasteiger partial charge < -0.3 is 14.2 Å². The van der Waals surface area contributed by atoms with Gasteiger partial charge in [0.1, 0.15) is 5.76 Å². The van der Waals surface area contributed by atoms with Gasteiger partial charge in [-0.15, -0.1) is 5.10 Å². The van der Waals surface area contributed by atoms with E-state index >= 15 is 0 Å². The number of nitrogens with zero attached hydrogens (tertiary/aromatic N) is 4. The van der Waals surface area contributed by atoms with Gasteiger partial charge in [0.15, 0.2) is 11.6 Å². The Balaban J connectivity index is 1.85.